The van der Waals surface area contributed by atoms with Gasteiger partial charge in [-0.25, -0.2) is 0 Å². The van der Waals surface area contributed by atoms with E-state index in [1.54, 1.807) is 6.26 Å². The summed E-state index contributed by atoms with van der Waals surface area (Å²) in [5, 5.41) is 16.1. The van der Waals surface area contributed by atoms with E-state index in [0.29, 0.717) is 5.92 Å². The van der Waals surface area contributed by atoms with Crippen molar-refractivity contribution in [3.8, 4) is 0 Å². The Morgan fingerprint density at radius 1 is 1.26 bits per heavy atom. The molecule has 0 spiro atoms. The molecule has 0 amide bonds. The Morgan fingerprint density at radius 2 is 2.04 bits per heavy atom. The van der Waals surface area contributed by atoms with Crippen LogP contribution in [0.1, 0.15) is 57.8 Å². The summed E-state index contributed by atoms with van der Waals surface area (Å²) in [6, 6.07) is 4.26. The lowest BCUT2D eigenvalue weighted by molar-refractivity contribution is 0.215. The number of furan rings is 1. The van der Waals surface area contributed by atoms with Crippen LogP contribution in [0.15, 0.2) is 27.8 Å². The summed E-state index contributed by atoms with van der Waals surface area (Å²) in [7, 11) is 0. The molecule has 1 saturated heterocycles. The van der Waals surface area contributed by atoms with E-state index in [2.05, 4.69) is 35.4 Å². The molecule has 2 atom stereocenters. The first-order valence-corrected chi connectivity index (χ1v) is 10.2. The van der Waals surface area contributed by atoms with Crippen LogP contribution in [0.5, 0.6) is 0 Å². The van der Waals surface area contributed by atoms with Crippen molar-refractivity contribution < 1.29 is 9.52 Å². The summed E-state index contributed by atoms with van der Waals surface area (Å²) in [6.45, 7) is 9.10. The summed E-state index contributed by atoms with van der Waals surface area (Å²) >= 11 is 0. The third kappa shape index (κ3) is 8.39. The predicted octanol–water partition coefficient (Wildman–Crippen LogP) is 3.39. The number of aliphatic hydroxyl groups is 1. The average Bonchev–Trinajstić information content (AvgIpc) is 3.34. The number of rotatable bonds is 11. The standard InChI is InChI=1S/C20H36N4O2.HI/c1-3-8-17(10-13-25)15-22-20(21-4-2)23-16-18(19-9-7-14-26-19)24-11-5-6-12-24;/h7,9,14,17-18,25H,3-6,8,10-13,15-16H2,1-2H3,(H2,21,22,23);1H. The SMILES string of the molecule is CCCC(CCO)CN=C(NCC)NCC(c1ccco1)N1CCCC1.I. The molecule has 2 unspecified atom stereocenters. The fourth-order valence-corrected chi connectivity index (χ4v) is 3.62. The van der Waals surface area contributed by atoms with E-state index in [1.807, 2.05) is 6.07 Å². The fraction of sp³-hybridized carbons (Fsp3) is 0.750. The highest BCUT2D eigenvalue weighted by Crippen LogP contribution is 2.24. The number of hydrogen-bond donors (Lipinski definition) is 3. The summed E-state index contributed by atoms with van der Waals surface area (Å²) in [5.41, 5.74) is 0. The molecule has 156 valence electrons. The molecule has 1 fully saturated rings. The van der Waals surface area contributed by atoms with E-state index in [-0.39, 0.29) is 36.6 Å². The average molecular weight is 492 g/mol. The molecule has 7 heteroatoms. The molecule has 1 aliphatic rings. The van der Waals surface area contributed by atoms with E-state index in [0.717, 1.165) is 63.7 Å². The number of nitrogens with zero attached hydrogens (tertiary/aromatic N) is 2. The molecule has 2 heterocycles. The Balaban J connectivity index is 0.00000364. The monoisotopic (exact) mass is 492 g/mol. The number of aliphatic imine (C=N–C) groups is 1. The van der Waals surface area contributed by atoms with Crippen LogP contribution in [0.3, 0.4) is 0 Å². The normalized spacial score (nSPS) is 17.4. The van der Waals surface area contributed by atoms with Crippen molar-refractivity contribution in [3.63, 3.8) is 0 Å². The number of likely N-dealkylation sites (tertiary alicyclic amines) is 1. The lowest BCUT2D eigenvalue weighted by Gasteiger charge is -2.27. The van der Waals surface area contributed by atoms with Gasteiger partial charge < -0.3 is 20.2 Å². The highest BCUT2D eigenvalue weighted by molar-refractivity contribution is 14.0. The van der Waals surface area contributed by atoms with Crippen molar-refractivity contribution in [1.82, 2.24) is 15.5 Å². The van der Waals surface area contributed by atoms with E-state index in [9.17, 15) is 5.11 Å². The second kappa shape index (κ2) is 14.2. The van der Waals surface area contributed by atoms with Gasteiger partial charge in [0.25, 0.3) is 0 Å². The molecule has 1 aromatic heterocycles. The largest absolute Gasteiger partial charge is 0.468 e. The summed E-state index contributed by atoms with van der Waals surface area (Å²) < 4.78 is 5.69. The van der Waals surface area contributed by atoms with E-state index < -0.39 is 0 Å². The molecule has 0 radical (unpaired) electrons. The maximum Gasteiger partial charge on any atom is 0.191 e. The number of halogens is 1. The molecule has 27 heavy (non-hydrogen) atoms. The van der Waals surface area contributed by atoms with Crippen LogP contribution in [0.25, 0.3) is 0 Å². The topological polar surface area (TPSA) is 73.0 Å². The van der Waals surface area contributed by atoms with Crippen molar-refractivity contribution in [2.75, 3.05) is 39.3 Å². The maximum absolute atomic E-state index is 9.24. The highest BCUT2D eigenvalue weighted by Gasteiger charge is 2.25. The molecule has 3 N–H and O–H groups in total. The predicted molar refractivity (Wildman–Crippen MR) is 122 cm³/mol. The first kappa shape index (κ1) is 24.2. The second-order valence-electron chi connectivity index (χ2n) is 7.04. The van der Waals surface area contributed by atoms with Crippen LogP contribution in [-0.4, -0.2) is 55.3 Å². The van der Waals surface area contributed by atoms with Crippen LogP contribution in [-0.2, 0) is 0 Å². The molecule has 6 nitrogen and oxygen atoms in total. The zero-order chi connectivity index (χ0) is 18.6. The molecular weight excluding hydrogens is 455 g/mol. The minimum atomic E-state index is 0. The van der Waals surface area contributed by atoms with Gasteiger partial charge in [0.05, 0.1) is 12.3 Å². The zero-order valence-corrected chi connectivity index (χ0v) is 19.2. The fourth-order valence-electron chi connectivity index (χ4n) is 3.62. The van der Waals surface area contributed by atoms with Crippen molar-refractivity contribution in [3.05, 3.63) is 24.2 Å². The molecule has 0 aromatic carbocycles. The molecule has 0 saturated carbocycles. The number of nitrogens with one attached hydrogen (secondary N) is 2. The number of hydrogen-bond acceptors (Lipinski definition) is 4. The van der Waals surface area contributed by atoms with Crippen LogP contribution >= 0.6 is 24.0 Å². The molecule has 1 aromatic rings. The summed E-state index contributed by atoms with van der Waals surface area (Å²) in [4.78, 5) is 7.25. The van der Waals surface area contributed by atoms with Crippen LogP contribution < -0.4 is 10.6 Å². The van der Waals surface area contributed by atoms with E-state index in [1.165, 1.54) is 12.8 Å². The number of aliphatic hydroxyl groups excluding tert-OH is 1. The molecule has 1 aliphatic heterocycles. The van der Waals surface area contributed by atoms with Crippen LogP contribution in [0.4, 0.5) is 0 Å². The lowest BCUT2D eigenvalue weighted by Crippen LogP contribution is -2.42. The van der Waals surface area contributed by atoms with Gasteiger partial charge in [-0.3, -0.25) is 9.89 Å². The van der Waals surface area contributed by atoms with Crippen molar-refractivity contribution in [1.29, 1.82) is 0 Å². The van der Waals surface area contributed by atoms with Gasteiger partial charge in [0.15, 0.2) is 5.96 Å². The second-order valence-corrected chi connectivity index (χ2v) is 7.04. The number of guanidine groups is 1. The van der Waals surface area contributed by atoms with Crippen molar-refractivity contribution in [2.45, 2.75) is 52.0 Å². The molecular formula is C20H37IN4O2. The van der Waals surface area contributed by atoms with Crippen LogP contribution in [0.2, 0.25) is 0 Å². The van der Waals surface area contributed by atoms with Crippen molar-refractivity contribution >= 4 is 29.9 Å². The first-order valence-electron chi connectivity index (χ1n) is 10.2. The Kier molecular flexibility index (Phi) is 12.8. The summed E-state index contributed by atoms with van der Waals surface area (Å²) in [6.07, 6.45) is 7.31. The minimum absolute atomic E-state index is 0. The van der Waals surface area contributed by atoms with Gasteiger partial charge in [-0.1, -0.05) is 13.3 Å². The Bertz CT molecular complexity index is 498. The van der Waals surface area contributed by atoms with E-state index >= 15 is 0 Å². The Labute approximate surface area is 181 Å². The molecule has 2 rings (SSSR count). The van der Waals surface area contributed by atoms with Crippen LogP contribution in [0, 0.1) is 5.92 Å². The highest BCUT2D eigenvalue weighted by atomic mass is 127. The Morgan fingerprint density at radius 3 is 2.63 bits per heavy atom. The third-order valence-corrected chi connectivity index (χ3v) is 5.00. The molecule has 0 bridgehead atoms. The lowest BCUT2D eigenvalue weighted by atomic mass is 10.0. The first-order chi connectivity index (χ1) is 12.8. The van der Waals surface area contributed by atoms with Gasteiger partial charge in [-0.05, 0) is 63.7 Å². The van der Waals surface area contributed by atoms with Gasteiger partial charge in [0.2, 0.25) is 0 Å². The smallest absolute Gasteiger partial charge is 0.191 e. The van der Waals surface area contributed by atoms with Gasteiger partial charge >= 0.3 is 0 Å². The maximum atomic E-state index is 9.24. The summed E-state index contributed by atoms with van der Waals surface area (Å²) in [5.74, 6) is 2.31. The van der Waals surface area contributed by atoms with E-state index in [4.69, 9.17) is 9.41 Å². The molecule has 0 aliphatic carbocycles. The van der Waals surface area contributed by atoms with Gasteiger partial charge in [0, 0.05) is 26.2 Å². The van der Waals surface area contributed by atoms with Crippen molar-refractivity contribution in [2.24, 2.45) is 10.9 Å². The zero-order valence-electron chi connectivity index (χ0n) is 16.8. The Hall–Kier alpha value is -0.800. The quantitative estimate of drug-likeness (QED) is 0.251. The minimum Gasteiger partial charge on any atom is -0.468 e. The third-order valence-electron chi connectivity index (χ3n) is 5.00. The van der Waals surface area contributed by atoms with Gasteiger partial charge in [-0.2, -0.15) is 0 Å². The van der Waals surface area contributed by atoms with Gasteiger partial charge in [0.1, 0.15) is 5.76 Å². The van der Waals surface area contributed by atoms with Gasteiger partial charge in [-0.15, -0.1) is 24.0 Å².